The smallest absolute Gasteiger partial charge is 0.150 e. The molecule has 2 atom stereocenters. The fourth-order valence-electron chi connectivity index (χ4n) is 5.09. The number of aldehydes is 1. The first-order valence-corrected chi connectivity index (χ1v) is 10.6. The van der Waals surface area contributed by atoms with Crippen molar-refractivity contribution in [1.29, 1.82) is 0 Å². The minimum atomic E-state index is 0.338. The van der Waals surface area contributed by atoms with Crippen LogP contribution >= 0.6 is 0 Å². The molecule has 3 aromatic rings. The third-order valence-electron chi connectivity index (χ3n) is 6.60. The van der Waals surface area contributed by atoms with Crippen LogP contribution in [0.4, 0.5) is 5.82 Å². The Labute approximate surface area is 171 Å². The third-order valence-corrected chi connectivity index (χ3v) is 6.60. The van der Waals surface area contributed by atoms with Gasteiger partial charge >= 0.3 is 0 Å². The number of carbonyl (C=O) groups excluding carboxylic acids is 1. The van der Waals surface area contributed by atoms with E-state index in [2.05, 4.69) is 60.0 Å². The summed E-state index contributed by atoms with van der Waals surface area (Å²) in [6, 6.07) is 9.39. The molecular weight excluding hydrogens is 360 g/mol. The molecule has 5 rings (SSSR count). The summed E-state index contributed by atoms with van der Waals surface area (Å²) in [5.41, 5.74) is 5.09. The normalized spacial score (nSPS) is 21.3. The Morgan fingerprint density at radius 1 is 1.21 bits per heavy atom. The van der Waals surface area contributed by atoms with E-state index in [4.69, 9.17) is 4.98 Å². The molecule has 2 saturated heterocycles. The van der Waals surface area contributed by atoms with Crippen LogP contribution in [0, 0.1) is 12.8 Å². The maximum Gasteiger partial charge on any atom is 0.150 e. The highest BCUT2D eigenvalue weighted by Crippen LogP contribution is 2.33. The van der Waals surface area contributed by atoms with Gasteiger partial charge in [-0.25, -0.2) is 4.98 Å². The molecule has 150 valence electrons. The molecule has 2 aliphatic heterocycles. The van der Waals surface area contributed by atoms with Crippen molar-refractivity contribution in [2.75, 3.05) is 24.5 Å². The van der Waals surface area contributed by atoms with Gasteiger partial charge in [0.15, 0.2) is 6.29 Å². The van der Waals surface area contributed by atoms with Gasteiger partial charge in [-0.1, -0.05) is 0 Å². The second kappa shape index (κ2) is 6.99. The Balaban J connectivity index is 1.50. The van der Waals surface area contributed by atoms with Crippen molar-refractivity contribution in [2.45, 2.75) is 39.3 Å². The number of hydrogen-bond donors (Lipinski definition) is 1. The number of aryl methyl sites for hydroxylation is 1. The summed E-state index contributed by atoms with van der Waals surface area (Å²) in [4.78, 5) is 19.0. The molecular formula is C24H28N4O. The molecule has 0 bridgehead atoms. The first kappa shape index (κ1) is 18.4. The van der Waals surface area contributed by atoms with Crippen LogP contribution in [0.3, 0.4) is 0 Å². The number of aromatic nitrogens is 2. The standard InChI is InChI=1S/C24H28N4O/c1-15(2)28-11-16(3)24-20(14-29)8-19(9-22(24)28)17-4-5-23(26-10-17)27-12-18-6-7-25-21(18)13-27/h4-5,8-11,14-15,18,21,25H,6-7,12-13H2,1-3H3. The molecule has 0 amide bonds. The average molecular weight is 389 g/mol. The highest BCUT2D eigenvalue weighted by molar-refractivity contribution is 6.02. The van der Waals surface area contributed by atoms with E-state index in [1.807, 2.05) is 12.3 Å². The lowest BCUT2D eigenvalue weighted by Crippen LogP contribution is -2.30. The minimum Gasteiger partial charge on any atom is -0.355 e. The van der Waals surface area contributed by atoms with Crippen molar-refractivity contribution < 1.29 is 4.79 Å². The van der Waals surface area contributed by atoms with Gasteiger partial charge in [0.1, 0.15) is 5.82 Å². The van der Waals surface area contributed by atoms with Gasteiger partial charge in [0.2, 0.25) is 0 Å². The molecule has 0 spiro atoms. The second-order valence-electron chi connectivity index (χ2n) is 8.81. The molecule has 1 aromatic carbocycles. The van der Waals surface area contributed by atoms with Gasteiger partial charge in [0.05, 0.1) is 0 Å². The molecule has 2 aliphatic rings. The number of nitrogens with zero attached hydrogens (tertiary/aromatic N) is 3. The predicted molar refractivity (Wildman–Crippen MR) is 118 cm³/mol. The zero-order valence-electron chi connectivity index (χ0n) is 17.4. The second-order valence-corrected chi connectivity index (χ2v) is 8.81. The van der Waals surface area contributed by atoms with Gasteiger partial charge in [0.25, 0.3) is 0 Å². The van der Waals surface area contributed by atoms with E-state index < -0.39 is 0 Å². The number of benzene rings is 1. The van der Waals surface area contributed by atoms with Crippen LogP contribution in [0.25, 0.3) is 22.0 Å². The van der Waals surface area contributed by atoms with Crippen molar-refractivity contribution in [3.8, 4) is 11.1 Å². The summed E-state index contributed by atoms with van der Waals surface area (Å²) < 4.78 is 2.25. The lowest BCUT2D eigenvalue weighted by molar-refractivity contribution is 0.112. The zero-order chi connectivity index (χ0) is 20.1. The molecule has 5 nitrogen and oxygen atoms in total. The first-order valence-electron chi connectivity index (χ1n) is 10.6. The van der Waals surface area contributed by atoms with Crippen molar-refractivity contribution >= 4 is 23.0 Å². The molecule has 2 unspecified atom stereocenters. The Kier molecular flexibility index (Phi) is 4.43. The van der Waals surface area contributed by atoms with Gasteiger partial charge in [0, 0.05) is 59.6 Å². The van der Waals surface area contributed by atoms with Gasteiger partial charge < -0.3 is 14.8 Å². The van der Waals surface area contributed by atoms with Crippen molar-refractivity contribution in [3.05, 3.63) is 47.8 Å². The molecule has 2 aromatic heterocycles. The van der Waals surface area contributed by atoms with Crippen LogP contribution < -0.4 is 10.2 Å². The molecule has 0 aliphatic carbocycles. The van der Waals surface area contributed by atoms with Crippen LogP contribution in [-0.4, -0.2) is 41.5 Å². The Bertz CT molecular complexity index is 1050. The Morgan fingerprint density at radius 2 is 2.07 bits per heavy atom. The third kappa shape index (κ3) is 3.04. The number of hydrogen-bond acceptors (Lipinski definition) is 4. The molecule has 0 saturated carbocycles. The van der Waals surface area contributed by atoms with Crippen LogP contribution in [0.5, 0.6) is 0 Å². The van der Waals surface area contributed by atoms with Gasteiger partial charge in [-0.05, 0) is 75.0 Å². The highest BCUT2D eigenvalue weighted by Gasteiger charge is 2.36. The lowest BCUT2D eigenvalue weighted by atomic mass is 10.00. The summed E-state index contributed by atoms with van der Waals surface area (Å²) in [7, 11) is 0. The summed E-state index contributed by atoms with van der Waals surface area (Å²) >= 11 is 0. The zero-order valence-corrected chi connectivity index (χ0v) is 17.4. The van der Waals surface area contributed by atoms with E-state index in [9.17, 15) is 4.79 Å². The van der Waals surface area contributed by atoms with Crippen LogP contribution in [-0.2, 0) is 0 Å². The number of fused-ring (bicyclic) bond motifs is 2. The molecule has 5 heteroatoms. The highest BCUT2D eigenvalue weighted by atomic mass is 16.1. The molecule has 1 N–H and O–H groups in total. The first-order chi connectivity index (χ1) is 14.0. The molecule has 2 fully saturated rings. The van der Waals surface area contributed by atoms with Crippen LogP contribution in [0.15, 0.2) is 36.7 Å². The predicted octanol–water partition coefficient (Wildman–Crippen LogP) is 4.20. The molecule has 0 radical (unpaired) electrons. The summed E-state index contributed by atoms with van der Waals surface area (Å²) in [6.45, 7) is 9.69. The van der Waals surface area contributed by atoms with E-state index in [0.717, 1.165) is 70.8 Å². The van der Waals surface area contributed by atoms with E-state index in [0.29, 0.717) is 12.1 Å². The lowest BCUT2D eigenvalue weighted by Gasteiger charge is -2.18. The minimum absolute atomic E-state index is 0.338. The summed E-state index contributed by atoms with van der Waals surface area (Å²) in [5.74, 6) is 1.80. The number of nitrogens with one attached hydrogen (secondary N) is 1. The van der Waals surface area contributed by atoms with Crippen LogP contribution in [0.1, 0.15) is 42.2 Å². The van der Waals surface area contributed by atoms with Crippen molar-refractivity contribution in [2.24, 2.45) is 5.92 Å². The van der Waals surface area contributed by atoms with Crippen molar-refractivity contribution in [3.63, 3.8) is 0 Å². The fourth-order valence-corrected chi connectivity index (χ4v) is 5.09. The fraction of sp³-hybridized carbons (Fsp3) is 0.417. The molecule has 4 heterocycles. The maximum absolute atomic E-state index is 11.8. The quantitative estimate of drug-likeness (QED) is 0.681. The number of carbonyl (C=O) groups is 1. The van der Waals surface area contributed by atoms with E-state index in [1.54, 1.807) is 0 Å². The van der Waals surface area contributed by atoms with E-state index >= 15 is 0 Å². The topological polar surface area (TPSA) is 50.2 Å². The van der Waals surface area contributed by atoms with E-state index in [1.165, 1.54) is 6.42 Å². The van der Waals surface area contributed by atoms with Crippen LogP contribution in [0.2, 0.25) is 0 Å². The number of pyridine rings is 1. The number of anilines is 1. The van der Waals surface area contributed by atoms with Gasteiger partial charge in [-0.3, -0.25) is 4.79 Å². The monoisotopic (exact) mass is 388 g/mol. The van der Waals surface area contributed by atoms with E-state index in [-0.39, 0.29) is 0 Å². The molecule has 29 heavy (non-hydrogen) atoms. The average Bonchev–Trinajstić information content (AvgIpc) is 3.41. The van der Waals surface area contributed by atoms with Crippen molar-refractivity contribution in [1.82, 2.24) is 14.9 Å². The SMILES string of the molecule is Cc1cn(C(C)C)c2cc(-c3ccc(N4CC5CCNC5C4)nc3)cc(C=O)c12. The summed E-state index contributed by atoms with van der Waals surface area (Å²) in [6.07, 6.45) is 6.33. The Hall–Kier alpha value is -2.66. The number of rotatable bonds is 4. The van der Waals surface area contributed by atoms with Gasteiger partial charge in [-0.15, -0.1) is 0 Å². The van der Waals surface area contributed by atoms with Gasteiger partial charge in [-0.2, -0.15) is 0 Å². The summed E-state index contributed by atoms with van der Waals surface area (Å²) in [5, 5.41) is 4.65. The maximum atomic E-state index is 11.8. The largest absolute Gasteiger partial charge is 0.355 e. The Morgan fingerprint density at radius 3 is 2.76 bits per heavy atom.